The van der Waals surface area contributed by atoms with Gasteiger partial charge in [0.15, 0.2) is 11.5 Å². The molecule has 5 atom stereocenters. The first-order chi connectivity index (χ1) is 24.7. The molecular formula is C35H48N6O9S2. The van der Waals surface area contributed by atoms with Crippen LogP contribution < -0.4 is 36.1 Å². The lowest BCUT2D eigenvalue weighted by molar-refractivity contribution is -0.135. The van der Waals surface area contributed by atoms with Crippen molar-refractivity contribution in [3.8, 4) is 11.5 Å². The number of carbonyl (C=O) groups is 5. The van der Waals surface area contributed by atoms with Crippen molar-refractivity contribution in [2.24, 2.45) is 5.92 Å². The summed E-state index contributed by atoms with van der Waals surface area (Å²) in [6.45, 7) is 5.79. The Morgan fingerprint density at radius 2 is 1.46 bits per heavy atom. The van der Waals surface area contributed by atoms with E-state index in [1.165, 1.54) is 43.8 Å². The number of amides is 5. The highest BCUT2D eigenvalue weighted by atomic mass is 32.2. The fraction of sp³-hybridized carbons (Fsp3) is 0.514. The van der Waals surface area contributed by atoms with Crippen molar-refractivity contribution in [2.45, 2.75) is 75.6 Å². The van der Waals surface area contributed by atoms with Gasteiger partial charge in [-0.15, -0.1) is 0 Å². The number of thioether (sulfide) groups is 1. The number of nitrogens with zero attached hydrogens (tertiary/aromatic N) is 1. The molecule has 0 unspecified atom stereocenters. The van der Waals surface area contributed by atoms with E-state index in [1.54, 1.807) is 26.0 Å². The molecular weight excluding hydrogens is 713 g/mol. The van der Waals surface area contributed by atoms with Gasteiger partial charge in [0.2, 0.25) is 39.6 Å². The summed E-state index contributed by atoms with van der Waals surface area (Å²) in [5.41, 5.74) is 0.776. The van der Waals surface area contributed by atoms with Crippen molar-refractivity contribution in [1.82, 2.24) is 30.9 Å². The van der Waals surface area contributed by atoms with Crippen LogP contribution in [-0.2, 0) is 40.4 Å². The normalized spacial score (nSPS) is 24.4. The van der Waals surface area contributed by atoms with Crippen molar-refractivity contribution in [1.29, 1.82) is 0 Å². The molecule has 2 aliphatic rings. The zero-order valence-corrected chi connectivity index (χ0v) is 31.6. The van der Waals surface area contributed by atoms with E-state index < -0.39 is 82.2 Å². The molecule has 0 spiro atoms. The Morgan fingerprint density at radius 3 is 2.13 bits per heavy atom. The van der Waals surface area contributed by atoms with E-state index in [9.17, 15) is 32.4 Å². The van der Waals surface area contributed by atoms with Crippen LogP contribution in [-0.4, -0.2) is 111 Å². The van der Waals surface area contributed by atoms with Gasteiger partial charge in [0.25, 0.3) is 0 Å². The van der Waals surface area contributed by atoms with E-state index >= 15 is 0 Å². The molecule has 0 aromatic heterocycles. The lowest BCUT2D eigenvalue weighted by Gasteiger charge is -2.30. The smallest absolute Gasteiger partial charge is 0.243 e. The fourth-order valence-corrected chi connectivity index (χ4v) is 7.61. The molecule has 2 aromatic rings. The van der Waals surface area contributed by atoms with E-state index in [0.717, 1.165) is 9.87 Å². The van der Waals surface area contributed by atoms with Gasteiger partial charge >= 0.3 is 0 Å². The molecule has 2 aliphatic heterocycles. The Kier molecular flexibility index (Phi) is 14.3. The van der Waals surface area contributed by atoms with Crippen LogP contribution in [0.5, 0.6) is 11.5 Å². The average Bonchev–Trinajstić information content (AvgIpc) is 3.11. The zero-order chi connectivity index (χ0) is 38.0. The highest BCUT2D eigenvalue weighted by molar-refractivity contribution is 7.98. The van der Waals surface area contributed by atoms with Gasteiger partial charge in [0.1, 0.15) is 37.4 Å². The molecule has 284 valence electrons. The van der Waals surface area contributed by atoms with Gasteiger partial charge in [-0.3, -0.25) is 24.0 Å². The summed E-state index contributed by atoms with van der Waals surface area (Å²) in [5, 5.41) is 13.5. The number of hydrogen-bond donors (Lipinski definition) is 5. The summed E-state index contributed by atoms with van der Waals surface area (Å²) in [4.78, 5) is 67.3. The van der Waals surface area contributed by atoms with Gasteiger partial charge in [-0.1, -0.05) is 44.2 Å². The Hall–Kier alpha value is -4.35. The zero-order valence-electron chi connectivity index (χ0n) is 30.0. The van der Waals surface area contributed by atoms with Gasteiger partial charge in [-0.05, 0) is 62.3 Å². The van der Waals surface area contributed by atoms with Crippen molar-refractivity contribution < 1.29 is 41.9 Å². The third kappa shape index (κ3) is 10.8. The molecule has 17 heteroatoms. The average molecular weight is 761 g/mol. The Balaban J connectivity index is 1.74. The van der Waals surface area contributed by atoms with Crippen LogP contribution in [0.1, 0.15) is 39.7 Å². The fourth-order valence-electron chi connectivity index (χ4n) is 5.68. The number of fused-ring (bicyclic) bond motifs is 1. The summed E-state index contributed by atoms with van der Waals surface area (Å²) in [7, 11) is -4.44. The topological polar surface area (TPSA) is 201 Å². The van der Waals surface area contributed by atoms with Gasteiger partial charge in [0.05, 0.1) is 11.4 Å². The summed E-state index contributed by atoms with van der Waals surface area (Å²) < 4.78 is 40.7. The molecule has 0 bridgehead atoms. The van der Waals surface area contributed by atoms with Crippen LogP contribution in [0.4, 0.5) is 0 Å². The molecule has 5 amide bonds. The van der Waals surface area contributed by atoms with Crippen molar-refractivity contribution in [3.63, 3.8) is 0 Å². The highest BCUT2D eigenvalue weighted by Crippen LogP contribution is 2.33. The monoisotopic (exact) mass is 760 g/mol. The summed E-state index contributed by atoms with van der Waals surface area (Å²) in [6.07, 6.45) is 2.28. The SMILES string of the molecule is CSCC[C@@H]1NC(=O)[C@H](C(C)C)NC(=O)[C@@H](C)NC(=O)CN(S(=O)(=O)c2ccc3c(c2)OCCO3)C[C@@H](Cc2ccccc2)NC(=O)[C@H](C)NC1=O. The predicted molar refractivity (Wildman–Crippen MR) is 195 cm³/mol. The van der Waals surface area contributed by atoms with Gasteiger partial charge in [-0.2, -0.15) is 16.1 Å². The Labute approximate surface area is 308 Å². The molecule has 1 fully saturated rings. The standard InChI is InChI=1S/C35H48N6O9S2/c1-21(2)31-35(46)39-27(13-16-51-5)34(45)37-23(4)32(43)38-25(17-24-9-7-6-8-10-24)19-41(20-30(42)36-22(3)33(44)40-31)52(47,48)26-11-12-28-29(18-26)50-15-14-49-28/h6-12,18,21-23,25,27,31H,13-17,19-20H2,1-5H3,(H,36,42)(H,37,45)(H,38,43)(H,39,46)(H,40,44)/t22-,23+,25-,27+,31+/m1/s1. The van der Waals surface area contributed by atoms with Crippen LogP contribution in [0.25, 0.3) is 0 Å². The van der Waals surface area contributed by atoms with E-state index in [1.807, 2.05) is 24.5 Å². The van der Waals surface area contributed by atoms with Crippen LogP contribution in [0.2, 0.25) is 0 Å². The van der Waals surface area contributed by atoms with E-state index in [0.29, 0.717) is 18.1 Å². The van der Waals surface area contributed by atoms with Gasteiger partial charge in [-0.25, -0.2) is 8.42 Å². The number of ether oxygens (including phenoxy) is 2. The first-order valence-electron chi connectivity index (χ1n) is 17.1. The van der Waals surface area contributed by atoms with Crippen molar-refractivity contribution in [2.75, 3.05) is 38.3 Å². The van der Waals surface area contributed by atoms with Crippen LogP contribution in [0.15, 0.2) is 53.4 Å². The number of rotatable bonds is 8. The minimum atomic E-state index is -4.44. The van der Waals surface area contributed by atoms with Crippen molar-refractivity contribution >= 4 is 51.3 Å². The quantitative estimate of drug-likeness (QED) is 0.254. The van der Waals surface area contributed by atoms with Gasteiger partial charge < -0.3 is 36.1 Å². The second-order valence-electron chi connectivity index (χ2n) is 13.1. The second kappa shape index (κ2) is 18.4. The maximum atomic E-state index is 14.3. The van der Waals surface area contributed by atoms with Gasteiger partial charge in [0, 0.05) is 18.7 Å². The lowest BCUT2D eigenvalue weighted by atomic mass is 10.0. The molecule has 0 aliphatic carbocycles. The maximum absolute atomic E-state index is 14.3. The molecule has 5 N–H and O–H groups in total. The number of nitrogens with one attached hydrogen (secondary N) is 5. The minimum absolute atomic E-state index is 0.170. The Morgan fingerprint density at radius 1 is 0.808 bits per heavy atom. The van der Waals surface area contributed by atoms with Crippen LogP contribution in [0.3, 0.4) is 0 Å². The summed E-state index contributed by atoms with van der Waals surface area (Å²) in [5.74, 6) is -2.57. The van der Waals surface area contributed by atoms with Crippen molar-refractivity contribution in [3.05, 3.63) is 54.1 Å². The minimum Gasteiger partial charge on any atom is -0.486 e. The molecule has 0 radical (unpaired) electrons. The maximum Gasteiger partial charge on any atom is 0.243 e. The lowest BCUT2D eigenvalue weighted by Crippen LogP contribution is -2.60. The van der Waals surface area contributed by atoms with Crippen LogP contribution in [0, 0.1) is 5.92 Å². The molecule has 2 heterocycles. The summed E-state index contributed by atoms with van der Waals surface area (Å²) in [6, 6.07) is 7.96. The van der Waals surface area contributed by atoms with E-state index in [4.69, 9.17) is 9.47 Å². The van der Waals surface area contributed by atoms with Crippen LogP contribution >= 0.6 is 11.8 Å². The second-order valence-corrected chi connectivity index (χ2v) is 16.0. The predicted octanol–water partition coefficient (Wildman–Crippen LogP) is 0.578. The third-order valence-corrected chi connectivity index (χ3v) is 11.0. The first kappa shape index (κ1) is 40.4. The largest absolute Gasteiger partial charge is 0.486 e. The molecule has 52 heavy (non-hydrogen) atoms. The number of sulfonamides is 1. The van der Waals surface area contributed by atoms with E-state index in [2.05, 4.69) is 26.6 Å². The third-order valence-electron chi connectivity index (χ3n) is 8.58. The molecule has 0 saturated carbocycles. The molecule has 1 saturated heterocycles. The highest BCUT2D eigenvalue weighted by Gasteiger charge is 2.35. The number of hydrogen-bond acceptors (Lipinski definition) is 10. The Bertz CT molecular complexity index is 1710. The number of carbonyl (C=O) groups excluding carboxylic acids is 5. The number of benzene rings is 2. The molecule has 4 rings (SSSR count). The molecule has 2 aromatic carbocycles. The first-order valence-corrected chi connectivity index (χ1v) is 20.0. The molecule has 15 nitrogen and oxygen atoms in total. The van der Waals surface area contributed by atoms with E-state index in [-0.39, 0.29) is 36.6 Å². The summed E-state index contributed by atoms with van der Waals surface area (Å²) >= 11 is 1.47.